The molecule has 7 nitrogen and oxygen atoms in total. The van der Waals surface area contributed by atoms with Crippen LogP contribution < -0.4 is 9.47 Å². The molecule has 0 aliphatic rings. The van der Waals surface area contributed by atoms with E-state index in [1.54, 1.807) is 0 Å². The quantitative estimate of drug-likeness (QED) is 0.535. The van der Waals surface area contributed by atoms with E-state index < -0.39 is 12.2 Å². The van der Waals surface area contributed by atoms with Crippen LogP contribution in [-0.4, -0.2) is 15.1 Å². The van der Waals surface area contributed by atoms with Crippen molar-refractivity contribution in [1.82, 2.24) is 15.1 Å². The van der Waals surface area contributed by atoms with Crippen molar-refractivity contribution in [1.29, 1.82) is 0 Å². The van der Waals surface area contributed by atoms with Gasteiger partial charge < -0.3 is 14.5 Å². The first-order chi connectivity index (χ1) is 11.0. The number of rotatable bonds is 4. The third-order valence-electron chi connectivity index (χ3n) is 2.71. The predicted octanol–water partition coefficient (Wildman–Crippen LogP) is 3.15. The van der Waals surface area contributed by atoms with E-state index >= 15 is 0 Å². The van der Waals surface area contributed by atoms with Gasteiger partial charge in [-0.2, -0.15) is 4.73 Å². The molecule has 3 aromatic heterocycles. The number of hydrogen-bond donors (Lipinski definition) is 0. The summed E-state index contributed by atoms with van der Waals surface area (Å²) in [6.45, 7) is 0. The molecule has 0 radical (unpaired) electrons. The first-order valence-corrected chi connectivity index (χ1v) is 6.55. The third-order valence-corrected chi connectivity index (χ3v) is 2.90. The molecule has 0 spiro atoms. The molecule has 118 valence electrons. The van der Waals surface area contributed by atoms with Crippen molar-refractivity contribution in [2.75, 3.05) is 0 Å². The van der Waals surface area contributed by atoms with Gasteiger partial charge in [-0.1, -0.05) is 16.8 Å². The van der Waals surface area contributed by atoms with Gasteiger partial charge >= 0.3 is 6.01 Å². The minimum Gasteiger partial charge on any atom is -0.618 e. The summed E-state index contributed by atoms with van der Waals surface area (Å²) in [6, 6.07) is 3.75. The lowest BCUT2D eigenvalue weighted by Crippen LogP contribution is -2.28. The lowest BCUT2D eigenvalue weighted by atomic mass is 10.2. The first-order valence-electron chi connectivity index (χ1n) is 6.17. The van der Waals surface area contributed by atoms with Gasteiger partial charge in [-0.3, -0.25) is 0 Å². The van der Waals surface area contributed by atoms with Crippen molar-refractivity contribution in [3.63, 3.8) is 0 Å². The number of nitrogens with zero attached hydrogens (tertiary/aromatic N) is 4. The zero-order chi connectivity index (χ0) is 16.4. The average molecular weight is 341 g/mol. The summed E-state index contributed by atoms with van der Waals surface area (Å²) in [5.74, 6) is -0.628. The van der Waals surface area contributed by atoms with Gasteiger partial charge in [0.1, 0.15) is 0 Å². The van der Waals surface area contributed by atoms with Crippen molar-refractivity contribution in [3.8, 4) is 23.1 Å². The molecule has 0 saturated carbocycles. The molecule has 0 aliphatic carbocycles. The maximum absolute atomic E-state index is 12.6. The summed E-state index contributed by atoms with van der Waals surface area (Å²) in [4.78, 5) is 7.66. The molecule has 0 fully saturated rings. The Balaban J connectivity index is 2.00. The van der Waals surface area contributed by atoms with Crippen LogP contribution in [0.3, 0.4) is 0 Å². The topological polar surface area (TPSA) is 88.0 Å². The van der Waals surface area contributed by atoms with Crippen LogP contribution in [0.5, 0.6) is 11.8 Å². The Kier molecular flexibility index (Phi) is 4.02. The normalized spacial score (nSPS) is 11.0. The lowest BCUT2D eigenvalue weighted by Gasteiger charge is -2.07. The fraction of sp³-hybridized carbons (Fsp3) is 0.0769. The van der Waals surface area contributed by atoms with Gasteiger partial charge in [-0.15, -0.1) is 0 Å². The van der Waals surface area contributed by atoms with Crippen molar-refractivity contribution in [2.24, 2.45) is 0 Å². The Bertz CT molecular complexity index is 826. The second-order valence-corrected chi connectivity index (χ2v) is 4.68. The molecular weight excluding hydrogens is 334 g/mol. The van der Waals surface area contributed by atoms with E-state index in [0.717, 1.165) is 6.07 Å². The molecular formula is C13H7ClF2N4O3. The average Bonchev–Trinajstić information content (AvgIpc) is 2.99. The fourth-order valence-electron chi connectivity index (χ4n) is 1.75. The Morgan fingerprint density at radius 2 is 2.04 bits per heavy atom. The largest absolute Gasteiger partial charge is 0.618 e. The molecule has 0 aliphatic heterocycles. The van der Waals surface area contributed by atoms with Crippen LogP contribution in [0, 0.1) is 5.21 Å². The summed E-state index contributed by atoms with van der Waals surface area (Å²) in [6.07, 6.45) is 0.941. The van der Waals surface area contributed by atoms with Crippen LogP contribution in [-0.2, 0) is 0 Å². The number of alkyl halides is 2. The Morgan fingerprint density at radius 3 is 2.70 bits per heavy atom. The Morgan fingerprint density at radius 1 is 1.30 bits per heavy atom. The Hall–Kier alpha value is -2.81. The molecule has 0 N–H and O–H groups in total. The summed E-state index contributed by atoms with van der Waals surface area (Å²) in [7, 11) is 0. The fourth-order valence-corrected chi connectivity index (χ4v) is 1.85. The van der Waals surface area contributed by atoms with Gasteiger partial charge in [0.2, 0.25) is 11.5 Å². The van der Waals surface area contributed by atoms with E-state index in [1.165, 1.54) is 30.7 Å². The first kappa shape index (κ1) is 15.1. The highest BCUT2D eigenvalue weighted by molar-refractivity contribution is 6.30. The minimum absolute atomic E-state index is 0.0268. The molecule has 3 aromatic rings. The van der Waals surface area contributed by atoms with Gasteiger partial charge in [-0.05, 0) is 6.07 Å². The van der Waals surface area contributed by atoms with Crippen LogP contribution in [0.2, 0.25) is 5.02 Å². The minimum atomic E-state index is -2.84. The number of halogens is 3. The maximum atomic E-state index is 12.6. The van der Waals surface area contributed by atoms with Crippen LogP contribution in [0.15, 0.2) is 41.3 Å². The smallest absolute Gasteiger partial charge is 0.322 e. The van der Waals surface area contributed by atoms with Gasteiger partial charge in [-0.25, -0.2) is 18.7 Å². The van der Waals surface area contributed by atoms with E-state index in [9.17, 15) is 14.0 Å². The predicted molar refractivity (Wildman–Crippen MR) is 73.0 cm³/mol. The van der Waals surface area contributed by atoms with E-state index in [2.05, 4.69) is 19.6 Å². The van der Waals surface area contributed by atoms with Crippen LogP contribution >= 0.6 is 11.6 Å². The summed E-state index contributed by atoms with van der Waals surface area (Å²) >= 11 is 5.67. The van der Waals surface area contributed by atoms with Crippen molar-refractivity contribution in [2.45, 2.75) is 6.43 Å². The third kappa shape index (κ3) is 3.19. The highest BCUT2D eigenvalue weighted by Crippen LogP contribution is 2.30. The molecule has 0 unspecified atom stereocenters. The summed E-state index contributed by atoms with van der Waals surface area (Å²) in [5, 5.41) is 15.7. The van der Waals surface area contributed by atoms with Crippen molar-refractivity contribution in [3.05, 3.63) is 52.8 Å². The van der Waals surface area contributed by atoms with Crippen LogP contribution in [0.1, 0.15) is 12.2 Å². The standard InChI is InChI=1S/C13H7ClF2N4O3/c14-7-5-17-13(18-6-7)22-9-2-1-3-20(21)11(9)8-4-10(12(15)16)23-19-8/h1-6,12H. The zero-order valence-corrected chi connectivity index (χ0v) is 11.9. The van der Waals surface area contributed by atoms with Crippen LogP contribution in [0.4, 0.5) is 8.78 Å². The van der Waals surface area contributed by atoms with E-state index in [4.69, 9.17) is 16.3 Å². The highest BCUT2D eigenvalue weighted by atomic mass is 35.5. The van der Waals surface area contributed by atoms with Gasteiger partial charge in [0, 0.05) is 12.1 Å². The maximum Gasteiger partial charge on any atom is 0.322 e. The second-order valence-electron chi connectivity index (χ2n) is 4.25. The molecule has 3 heterocycles. The summed E-state index contributed by atoms with van der Waals surface area (Å²) in [5.41, 5.74) is -0.207. The molecule has 0 atom stereocenters. The van der Waals surface area contributed by atoms with E-state index in [1.807, 2.05) is 0 Å². The molecule has 3 rings (SSSR count). The lowest BCUT2D eigenvalue weighted by molar-refractivity contribution is -0.594. The number of pyridine rings is 1. The monoisotopic (exact) mass is 340 g/mol. The number of hydrogen-bond acceptors (Lipinski definition) is 6. The molecule has 0 aromatic carbocycles. The molecule has 0 saturated heterocycles. The van der Waals surface area contributed by atoms with Crippen LogP contribution in [0.25, 0.3) is 11.4 Å². The SMILES string of the molecule is [O-][n+]1cccc(Oc2ncc(Cl)cn2)c1-c1cc(C(F)F)on1. The Labute approximate surface area is 132 Å². The van der Waals surface area contributed by atoms with E-state index in [-0.39, 0.29) is 23.1 Å². The van der Waals surface area contributed by atoms with Gasteiger partial charge in [0.05, 0.1) is 17.4 Å². The van der Waals surface area contributed by atoms with Gasteiger partial charge in [0.25, 0.3) is 12.1 Å². The molecule has 0 amide bonds. The van der Waals surface area contributed by atoms with E-state index in [0.29, 0.717) is 9.75 Å². The number of ether oxygens (including phenoxy) is 1. The number of aromatic nitrogens is 4. The highest BCUT2D eigenvalue weighted by Gasteiger charge is 2.24. The molecule has 10 heteroatoms. The molecule has 0 bridgehead atoms. The van der Waals surface area contributed by atoms with Gasteiger partial charge in [0.15, 0.2) is 11.9 Å². The second kappa shape index (κ2) is 6.13. The zero-order valence-electron chi connectivity index (χ0n) is 11.2. The summed E-state index contributed by atoms with van der Waals surface area (Å²) < 4.78 is 35.5. The molecule has 23 heavy (non-hydrogen) atoms. The van der Waals surface area contributed by atoms with Crippen molar-refractivity contribution < 1.29 is 22.8 Å². The van der Waals surface area contributed by atoms with Crippen molar-refractivity contribution >= 4 is 11.6 Å².